The SMILES string of the molecule is CCCc1c(Cl)ncnc1NCCc1cscn1. The Labute approximate surface area is 115 Å². The highest BCUT2D eigenvalue weighted by Gasteiger charge is 2.08. The molecule has 0 aromatic carbocycles. The van der Waals surface area contributed by atoms with Crippen LogP contribution in [0.25, 0.3) is 0 Å². The largest absolute Gasteiger partial charge is 0.369 e. The third kappa shape index (κ3) is 3.40. The summed E-state index contributed by atoms with van der Waals surface area (Å²) in [5.41, 5.74) is 3.95. The molecule has 0 atom stereocenters. The van der Waals surface area contributed by atoms with E-state index in [1.165, 1.54) is 6.33 Å². The van der Waals surface area contributed by atoms with E-state index in [-0.39, 0.29) is 0 Å². The van der Waals surface area contributed by atoms with Crippen LogP contribution in [0.5, 0.6) is 0 Å². The van der Waals surface area contributed by atoms with Gasteiger partial charge in [0.15, 0.2) is 0 Å². The molecule has 4 nitrogen and oxygen atoms in total. The molecule has 0 bridgehead atoms. The topological polar surface area (TPSA) is 50.7 Å². The molecule has 2 rings (SSSR count). The molecular weight excluding hydrogens is 268 g/mol. The van der Waals surface area contributed by atoms with Gasteiger partial charge in [-0.25, -0.2) is 15.0 Å². The van der Waals surface area contributed by atoms with Crippen LogP contribution in [0.1, 0.15) is 24.6 Å². The number of rotatable bonds is 6. The molecule has 2 heterocycles. The Morgan fingerprint density at radius 3 is 2.89 bits per heavy atom. The van der Waals surface area contributed by atoms with Gasteiger partial charge >= 0.3 is 0 Å². The zero-order chi connectivity index (χ0) is 12.8. The second-order valence-electron chi connectivity index (χ2n) is 3.90. The summed E-state index contributed by atoms with van der Waals surface area (Å²) in [5.74, 6) is 0.840. The van der Waals surface area contributed by atoms with Gasteiger partial charge in [0.05, 0.1) is 11.2 Å². The number of halogens is 1. The van der Waals surface area contributed by atoms with E-state index in [1.54, 1.807) is 11.3 Å². The van der Waals surface area contributed by atoms with Crippen molar-refractivity contribution in [3.8, 4) is 0 Å². The smallest absolute Gasteiger partial charge is 0.137 e. The quantitative estimate of drug-likeness (QED) is 0.827. The fourth-order valence-corrected chi connectivity index (χ4v) is 2.51. The zero-order valence-corrected chi connectivity index (χ0v) is 11.8. The van der Waals surface area contributed by atoms with Crippen LogP contribution in [0.2, 0.25) is 5.15 Å². The molecule has 0 spiro atoms. The normalized spacial score (nSPS) is 10.6. The number of hydrogen-bond acceptors (Lipinski definition) is 5. The van der Waals surface area contributed by atoms with E-state index in [0.717, 1.165) is 42.9 Å². The fourth-order valence-electron chi connectivity index (χ4n) is 1.68. The summed E-state index contributed by atoms with van der Waals surface area (Å²) in [5, 5.41) is 5.91. The molecule has 2 aromatic heterocycles. The standard InChI is InChI=1S/C12H15ClN4S/c1-2-3-10-11(13)15-7-16-12(10)14-5-4-9-6-18-8-17-9/h6-8H,2-5H2,1H3,(H,14,15,16). The summed E-state index contributed by atoms with van der Waals surface area (Å²) in [7, 11) is 0. The third-order valence-electron chi connectivity index (χ3n) is 2.55. The van der Waals surface area contributed by atoms with Crippen molar-refractivity contribution in [3.63, 3.8) is 0 Å². The van der Waals surface area contributed by atoms with Gasteiger partial charge < -0.3 is 5.32 Å². The fraction of sp³-hybridized carbons (Fsp3) is 0.417. The minimum absolute atomic E-state index is 0.544. The number of anilines is 1. The summed E-state index contributed by atoms with van der Waals surface area (Å²) in [6, 6.07) is 0. The van der Waals surface area contributed by atoms with Crippen molar-refractivity contribution in [1.82, 2.24) is 15.0 Å². The summed E-state index contributed by atoms with van der Waals surface area (Å²) in [6.45, 7) is 2.91. The van der Waals surface area contributed by atoms with Crippen molar-refractivity contribution in [3.05, 3.63) is 33.6 Å². The summed E-state index contributed by atoms with van der Waals surface area (Å²) < 4.78 is 0. The number of hydrogen-bond donors (Lipinski definition) is 1. The molecule has 0 amide bonds. The van der Waals surface area contributed by atoms with E-state index >= 15 is 0 Å². The summed E-state index contributed by atoms with van der Waals surface area (Å²) in [4.78, 5) is 12.5. The molecule has 2 aromatic rings. The minimum atomic E-state index is 0.544. The van der Waals surface area contributed by atoms with E-state index in [0.29, 0.717) is 5.15 Å². The Bertz CT molecular complexity index is 487. The highest BCUT2D eigenvalue weighted by Crippen LogP contribution is 2.21. The Kier molecular flexibility index (Phi) is 4.90. The lowest BCUT2D eigenvalue weighted by Gasteiger charge is -2.10. The Morgan fingerprint density at radius 2 is 2.17 bits per heavy atom. The van der Waals surface area contributed by atoms with Crippen LogP contribution < -0.4 is 5.32 Å². The number of aromatic nitrogens is 3. The van der Waals surface area contributed by atoms with E-state index in [4.69, 9.17) is 11.6 Å². The first-order valence-electron chi connectivity index (χ1n) is 5.91. The molecule has 0 saturated carbocycles. The Hall–Kier alpha value is -1.20. The molecule has 0 fully saturated rings. The molecule has 1 N–H and O–H groups in total. The predicted molar refractivity (Wildman–Crippen MR) is 75.3 cm³/mol. The second-order valence-corrected chi connectivity index (χ2v) is 4.97. The first kappa shape index (κ1) is 13.2. The average molecular weight is 283 g/mol. The molecule has 0 aliphatic heterocycles. The van der Waals surface area contributed by atoms with E-state index in [2.05, 4.69) is 32.6 Å². The van der Waals surface area contributed by atoms with E-state index in [1.807, 2.05) is 5.51 Å². The van der Waals surface area contributed by atoms with Crippen LogP contribution in [0.15, 0.2) is 17.2 Å². The van der Waals surface area contributed by atoms with Gasteiger partial charge in [0.2, 0.25) is 0 Å². The van der Waals surface area contributed by atoms with E-state index < -0.39 is 0 Å². The Morgan fingerprint density at radius 1 is 1.28 bits per heavy atom. The van der Waals surface area contributed by atoms with Gasteiger partial charge in [-0.15, -0.1) is 11.3 Å². The maximum absolute atomic E-state index is 6.08. The molecule has 96 valence electrons. The lowest BCUT2D eigenvalue weighted by molar-refractivity contribution is 0.890. The summed E-state index contributed by atoms with van der Waals surface area (Å²) in [6.07, 6.45) is 4.29. The number of thiazole rings is 1. The minimum Gasteiger partial charge on any atom is -0.369 e. The van der Waals surface area contributed by atoms with Gasteiger partial charge in [0, 0.05) is 23.9 Å². The third-order valence-corrected chi connectivity index (χ3v) is 3.51. The monoisotopic (exact) mass is 282 g/mol. The summed E-state index contributed by atoms with van der Waals surface area (Å²) >= 11 is 7.70. The lowest BCUT2D eigenvalue weighted by Crippen LogP contribution is -2.09. The first-order valence-corrected chi connectivity index (χ1v) is 7.23. The highest BCUT2D eigenvalue weighted by molar-refractivity contribution is 7.07. The highest BCUT2D eigenvalue weighted by atomic mass is 35.5. The van der Waals surface area contributed by atoms with Crippen molar-refractivity contribution >= 4 is 28.8 Å². The van der Waals surface area contributed by atoms with Crippen LogP contribution in [0, 0.1) is 0 Å². The van der Waals surface area contributed by atoms with Crippen LogP contribution in [0.3, 0.4) is 0 Å². The van der Waals surface area contributed by atoms with Gasteiger partial charge in [-0.1, -0.05) is 24.9 Å². The maximum atomic E-state index is 6.08. The van der Waals surface area contributed by atoms with Gasteiger partial charge in [-0.2, -0.15) is 0 Å². The lowest BCUT2D eigenvalue weighted by atomic mass is 10.2. The predicted octanol–water partition coefficient (Wildman–Crippen LogP) is 3.19. The van der Waals surface area contributed by atoms with Crippen molar-refractivity contribution < 1.29 is 0 Å². The zero-order valence-electron chi connectivity index (χ0n) is 10.2. The average Bonchev–Trinajstić information content (AvgIpc) is 2.86. The van der Waals surface area contributed by atoms with Crippen molar-refractivity contribution in [2.24, 2.45) is 0 Å². The molecule has 0 aliphatic rings. The molecule has 18 heavy (non-hydrogen) atoms. The molecular formula is C12H15ClN4S. The molecule has 6 heteroatoms. The van der Waals surface area contributed by atoms with Crippen molar-refractivity contribution in [2.45, 2.75) is 26.2 Å². The maximum Gasteiger partial charge on any atom is 0.137 e. The molecule has 0 aliphatic carbocycles. The second kappa shape index (κ2) is 6.66. The van der Waals surface area contributed by atoms with Gasteiger partial charge in [0.1, 0.15) is 17.3 Å². The van der Waals surface area contributed by atoms with Crippen LogP contribution >= 0.6 is 22.9 Å². The first-order chi connectivity index (χ1) is 8.81. The van der Waals surface area contributed by atoms with Gasteiger partial charge in [0.25, 0.3) is 0 Å². The Balaban J connectivity index is 1.98. The van der Waals surface area contributed by atoms with Crippen molar-refractivity contribution in [1.29, 1.82) is 0 Å². The van der Waals surface area contributed by atoms with Crippen LogP contribution in [-0.4, -0.2) is 21.5 Å². The van der Waals surface area contributed by atoms with Gasteiger partial charge in [-0.3, -0.25) is 0 Å². The molecule has 0 unspecified atom stereocenters. The van der Waals surface area contributed by atoms with Gasteiger partial charge in [-0.05, 0) is 6.42 Å². The van der Waals surface area contributed by atoms with Crippen LogP contribution in [-0.2, 0) is 12.8 Å². The van der Waals surface area contributed by atoms with Crippen molar-refractivity contribution in [2.75, 3.05) is 11.9 Å². The number of nitrogens with zero attached hydrogens (tertiary/aromatic N) is 3. The van der Waals surface area contributed by atoms with Crippen LogP contribution in [0.4, 0.5) is 5.82 Å². The van der Waals surface area contributed by atoms with E-state index in [9.17, 15) is 0 Å². The molecule has 0 radical (unpaired) electrons. The number of nitrogens with one attached hydrogen (secondary N) is 1. The molecule has 0 saturated heterocycles.